The lowest BCUT2D eigenvalue weighted by molar-refractivity contribution is -0.114. The molecule has 4 aromatic rings. The number of anilines is 3. The van der Waals surface area contributed by atoms with E-state index < -0.39 is 0 Å². The quantitative estimate of drug-likeness (QED) is 0.517. The second kappa shape index (κ2) is 6.56. The number of carbonyl (C=O) groups excluding carboxylic acids is 1. The maximum Gasteiger partial charge on any atom is 0.228 e. The second-order valence-electron chi connectivity index (χ2n) is 6.30. The maximum atomic E-state index is 11.4. The average molecular weight is 361 g/mol. The Morgan fingerprint density at radius 2 is 2.11 bits per heavy atom. The summed E-state index contributed by atoms with van der Waals surface area (Å²) < 4.78 is 1.79. The summed E-state index contributed by atoms with van der Waals surface area (Å²) in [5, 5.41) is 11.3. The molecule has 0 radical (unpaired) electrons. The molecule has 3 aromatic heterocycles. The van der Waals surface area contributed by atoms with Gasteiger partial charge in [0.15, 0.2) is 5.82 Å². The third-order valence-electron chi connectivity index (χ3n) is 4.31. The zero-order valence-corrected chi connectivity index (χ0v) is 15.2. The minimum Gasteiger partial charge on any atom is -0.359 e. The lowest BCUT2D eigenvalue weighted by atomic mass is 10.1. The summed E-state index contributed by atoms with van der Waals surface area (Å²) in [6.45, 7) is 3.47. The maximum absolute atomic E-state index is 11.4. The van der Waals surface area contributed by atoms with Gasteiger partial charge in [0.25, 0.3) is 0 Å². The molecule has 136 valence electrons. The first kappa shape index (κ1) is 16.8. The number of rotatable bonds is 4. The number of benzene rings is 1. The largest absolute Gasteiger partial charge is 0.359 e. The molecule has 3 N–H and O–H groups in total. The number of nitrogens with zero attached hydrogens (tertiary/aromatic N) is 4. The molecule has 0 aliphatic heterocycles. The molecular formula is C19H19N7O. The first-order chi connectivity index (χ1) is 13.0. The molecule has 1 aromatic carbocycles. The minimum absolute atomic E-state index is 0.113. The Morgan fingerprint density at radius 1 is 1.26 bits per heavy atom. The molecule has 0 spiro atoms. The Bertz CT molecular complexity index is 1120. The predicted molar refractivity (Wildman–Crippen MR) is 105 cm³/mol. The monoisotopic (exact) mass is 361 g/mol. The first-order valence-corrected chi connectivity index (χ1v) is 8.50. The predicted octanol–water partition coefficient (Wildman–Crippen LogP) is 3.37. The molecule has 4 rings (SSSR count). The molecule has 0 unspecified atom stereocenters. The Hall–Kier alpha value is -3.68. The summed E-state index contributed by atoms with van der Waals surface area (Å²) in [5.74, 6) is 1.05. The van der Waals surface area contributed by atoms with Gasteiger partial charge < -0.3 is 15.6 Å². The molecular weight excluding hydrogens is 342 g/mol. The van der Waals surface area contributed by atoms with Crippen molar-refractivity contribution in [1.82, 2.24) is 24.7 Å². The van der Waals surface area contributed by atoms with Crippen molar-refractivity contribution in [3.63, 3.8) is 0 Å². The number of aryl methyl sites for hydroxylation is 2. The van der Waals surface area contributed by atoms with Crippen LogP contribution in [0.25, 0.3) is 22.2 Å². The number of fused-ring (bicyclic) bond motifs is 1. The standard InChI is InChI=1S/C19H19N7O/c1-11-9-17(25-26(11)3)24-19-20-8-7-15(23-19)14-10-21-18-13(14)5-4-6-16(18)22-12(2)27/h4-10,21H,1-3H3,(H,22,27)(H,20,23,24,25). The number of carbonyl (C=O) groups is 1. The van der Waals surface area contributed by atoms with Gasteiger partial charge in [-0.25, -0.2) is 9.97 Å². The molecule has 27 heavy (non-hydrogen) atoms. The van der Waals surface area contributed by atoms with Crippen LogP contribution in [0.5, 0.6) is 0 Å². The summed E-state index contributed by atoms with van der Waals surface area (Å²) in [5.41, 5.74) is 4.33. The van der Waals surface area contributed by atoms with Crippen molar-refractivity contribution in [2.24, 2.45) is 7.05 Å². The van der Waals surface area contributed by atoms with Gasteiger partial charge in [-0.3, -0.25) is 9.48 Å². The van der Waals surface area contributed by atoms with Crippen molar-refractivity contribution < 1.29 is 4.79 Å². The number of H-pyrrole nitrogens is 1. The highest BCUT2D eigenvalue weighted by molar-refractivity contribution is 6.05. The van der Waals surface area contributed by atoms with Crippen LogP contribution in [0, 0.1) is 6.92 Å². The number of hydrogen-bond acceptors (Lipinski definition) is 5. The van der Waals surface area contributed by atoms with Gasteiger partial charge in [0.1, 0.15) is 0 Å². The zero-order chi connectivity index (χ0) is 19.0. The Kier molecular flexibility index (Phi) is 4.08. The highest BCUT2D eigenvalue weighted by Gasteiger charge is 2.12. The average Bonchev–Trinajstić information content (AvgIpc) is 3.19. The summed E-state index contributed by atoms with van der Waals surface area (Å²) in [6.07, 6.45) is 3.59. The van der Waals surface area contributed by atoms with Crippen molar-refractivity contribution in [2.45, 2.75) is 13.8 Å². The summed E-state index contributed by atoms with van der Waals surface area (Å²) in [7, 11) is 1.89. The molecule has 0 aliphatic carbocycles. The third kappa shape index (κ3) is 3.24. The number of aromatic nitrogens is 5. The highest BCUT2D eigenvalue weighted by Crippen LogP contribution is 2.31. The van der Waals surface area contributed by atoms with E-state index in [-0.39, 0.29) is 5.91 Å². The van der Waals surface area contributed by atoms with Crippen LogP contribution in [0.2, 0.25) is 0 Å². The second-order valence-corrected chi connectivity index (χ2v) is 6.30. The molecule has 0 bridgehead atoms. The molecule has 8 nitrogen and oxygen atoms in total. The van der Waals surface area contributed by atoms with E-state index in [0.29, 0.717) is 11.8 Å². The topological polar surface area (TPSA) is 101 Å². The molecule has 3 heterocycles. The third-order valence-corrected chi connectivity index (χ3v) is 4.31. The first-order valence-electron chi connectivity index (χ1n) is 8.50. The van der Waals surface area contributed by atoms with Crippen LogP contribution in [-0.2, 0) is 11.8 Å². The van der Waals surface area contributed by atoms with Gasteiger partial charge in [-0.2, -0.15) is 5.10 Å². The van der Waals surface area contributed by atoms with Gasteiger partial charge in [0.05, 0.1) is 16.9 Å². The van der Waals surface area contributed by atoms with Crippen molar-refractivity contribution in [1.29, 1.82) is 0 Å². The van der Waals surface area contributed by atoms with E-state index in [1.54, 1.807) is 10.9 Å². The van der Waals surface area contributed by atoms with Gasteiger partial charge in [-0.15, -0.1) is 0 Å². The highest BCUT2D eigenvalue weighted by atomic mass is 16.1. The molecule has 8 heteroatoms. The molecule has 0 saturated carbocycles. The van der Waals surface area contributed by atoms with E-state index in [1.807, 2.05) is 50.5 Å². The lowest BCUT2D eigenvalue weighted by Gasteiger charge is -2.05. The van der Waals surface area contributed by atoms with Crippen LogP contribution in [0.4, 0.5) is 17.5 Å². The summed E-state index contributed by atoms with van der Waals surface area (Å²) in [6, 6.07) is 9.54. The fraction of sp³-hybridized carbons (Fsp3) is 0.158. The lowest BCUT2D eigenvalue weighted by Crippen LogP contribution is -2.05. The van der Waals surface area contributed by atoms with Crippen LogP contribution in [0.1, 0.15) is 12.6 Å². The van der Waals surface area contributed by atoms with E-state index in [2.05, 4.69) is 30.7 Å². The molecule has 0 fully saturated rings. The van der Waals surface area contributed by atoms with Crippen molar-refractivity contribution in [2.75, 3.05) is 10.6 Å². The number of nitrogens with one attached hydrogen (secondary N) is 3. The van der Waals surface area contributed by atoms with Gasteiger partial charge >= 0.3 is 0 Å². The van der Waals surface area contributed by atoms with Gasteiger partial charge in [0.2, 0.25) is 11.9 Å². The van der Waals surface area contributed by atoms with Crippen LogP contribution in [-0.4, -0.2) is 30.6 Å². The fourth-order valence-corrected chi connectivity index (χ4v) is 2.97. The minimum atomic E-state index is -0.113. The smallest absolute Gasteiger partial charge is 0.228 e. The van der Waals surface area contributed by atoms with Crippen molar-refractivity contribution >= 4 is 34.3 Å². The SMILES string of the molecule is CC(=O)Nc1cccc2c(-c3ccnc(Nc4cc(C)n(C)n4)n3)c[nH]c12. The zero-order valence-electron chi connectivity index (χ0n) is 15.2. The molecule has 0 atom stereocenters. The van der Waals surface area contributed by atoms with E-state index in [1.165, 1.54) is 6.92 Å². The molecule has 0 saturated heterocycles. The van der Waals surface area contributed by atoms with Crippen LogP contribution in [0.3, 0.4) is 0 Å². The van der Waals surface area contributed by atoms with Gasteiger partial charge in [0, 0.05) is 49.1 Å². The Morgan fingerprint density at radius 3 is 2.85 bits per heavy atom. The fourth-order valence-electron chi connectivity index (χ4n) is 2.97. The van der Waals surface area contributed by atoms with Crippen molar-refractivity contribution in [3.8, 4) is 11.3 Å². The number of aromatic amines is 1. The normalized spacial score (nSPS) is 10.9. The van der Waals surface area contributed by atoms with Gasteiger partial charge in [-0.1, -0.05) is 12.1 Å². The number of hydrogen-bond donors (Lipinski definition) is 3. The van der Waals surface area contributed by atoms with E-state index in [4.69, 9.17) is 0 Å². The van der Waals surface area contributed by atoms with E-state index in [9.17, 15) is 4.79 Å². The van der Waals surface area contributed by atoms with Crippen LogP contribution < -0.4 is 10.6 Å². The number of amides is 1. The molecule has 1 amide bonds. The summed E-state index contributed by atoms with van der Waals surface area (Å²) >= 11 is 0. The van der Waals surface area contributed by atoms with E-state index in [0.717, 1.165) is 33.5 Å². The Balaban J connectivity index is 1.70. The van der Waals surface area contributed by atoms with E-state index >= 15 is 0 Å². The Labute approximate surface area is 155 Å². The summed E-state index contributed by atoms with van der Waals surface area (Å²) in [4.78, 5) is 23.5. The van der Waals surface area contributed by atoms with Crippen LogP contribution >= 0.6 is 0 Å². The molecule has 0 aliphatic rings. The van der Waals surface area contributed by atoms with Crippen LogP contribution in [0.15, 0.2) is 42.7 Å². The van der Waals surface area contributed by atoms with Crippen molar-refractivity contribution in [3.05, 3.63) is 48.4 Å². The van der Waals surface area contributed by atoms with Gasteiger partial charge in [-0.05, 0) is 19.1 Å². The number of para-hydroxylation sites is 1.